The first-order valence-electron chi connectivity index (χ1n) is 6.12. The normalized spacial score (nSPS) is 22.1. The Hall–Kier alpha value is -1.07. The molecule has 0 bridgehead atoms. The first kappa shape index (κ1) is 14.3. The summed E-state index contributed by atoms with van der Waals surface area (Å²) in [5, 5.41) is 2.82. The van der Waals surface area contributed by atoms with Gasteiger partial charge < -0.3 is 5.32 Å². The lowest BCUT2D eigenvalue weighted by molar-refractivity contribution is 0.0951. The maximum absolute atomic E-state index is 12.0. The van der Waals surface area contributed by atoms with Crippen LogP contribution in [0.4, 0.5) is 0 Å². The third-order valence-electron chi connectivity index (χ3n) is 3.40. The maximum atomic E-state index is 12.0. The third-order valence-corrected chi connectivity index (χ3v) is 4.73. The zero-order valence-corrected chi connectivity index (χ0v) is 12.4. The summed E-state index contributed by atoms with van der Waals surface area (Å²) >= 11 is 0. The zero-order chi connectivity index (χ0) is 14.2. The minimum atomic E-state index is -3.82. The number of carbonyl (C=O) groups excluding carboxylic acids is 1. The van der Waals surface area contributed by atoms with E-state index in [1.54, 1.807) is 13.0 Å². The van der Waals surface area contributed by atoms with E-state index in [-0.39, 0.29) is 10.8 Å². The molecule has 1 aromatic rings. The van der Waals surface area contributed by atoms with E-state index in [1.165, 1.54) is 12.1 Å². The maximum Gasteiger partial charge on any atom is 0.261 e. The summed E-state index contributed by atoms with van der Waals surface area (Å²) in [7, 11) is 1.49. The van der Waals surface area contributed by atoms with Crippen LogP contribution in [0.3, 0.4) is 0 Å². The molecule has 1 N–H and O–H groups in total. The van der Waals surface area contributed by atoms with E-state index < -0.39 is 9.05 Å². The smallest absolute Gasteiger partial charge is 0.261 e. The van der Waals surface area contributed by atoms with Crippen LogP contribution in [0.15, 0.2) is 23.1 Å². The van der Waals surface area contributed by atoms with Gasteiger partial charge in [0.1, 0.15) is 0 Å². The second-order valence-electron chi connectivity index (χ2n) is 5.16. The fourth-order valence-electron chi connectivity index (χ4n) is 2.03. The molecule has 1 amide bonds. The summed E-state index contributed by atoms with van der Waals surface area (Å²) in [4.78, 5) is 11.9. The molecule has 1 aliphatic rings. The van der Waals surface area contributed by atoms with Gasteiger partial charge in [-0.15, -0.1) is 0 Å². The molecule has 19 heavy (non-hydrogen) atoms. The molecule has 4 nitrogen and oxygen atoms in total. The van der Waals surface area contributed by atoms with E-state index in [1.807, 2.05) is 0 Å². The molecule has 1 aromatic carbocycles. The van der Waals surface area contributed by atoms with Gasteiger partial charge in [-0.1, -0.05) is 6.92 Å². The van der Waals surface area contributed by atoms with Gasteiger partial charge in [-0.3, -0.25) is 4.79 Å². The fourth-order valence-corrected chi connectivity index (χ4v) is 2.89. The molecule has 2 rings (SSSR count). The SMILES string of the molecule is Cc1cc(C(=O)NCC2CC2C)cc(S(=O)(=O)Cl)c1. The number of hydrogen-bond acceptors (Lipinski definition) is 3. The standard InChI is InChI=1S/C13H16ClNO3S/c1-8-3-10(6-12(4-8)19(14,17)18)13(16)15-7-11-5-9(11)2/h3-4,6,9,11H,5,7H2,1-2H3,(H,15,16). The molecule has 0 radical (unpaired) electrons. The van der Waals surface area contributed by atoms with Gasteiger partial charge in [-0.05, 0) is 48.9 Å². The van der Waals surface area contributed by atoms with Crippen molar-refractivity contribution in [3.05, 3.63) is 29.3 Å². The number of rotatable bonds is 4. The highest BCUT2D eigenvalue weighted by Crippen LogP contribution is 2.36. The molecule has 0 heterocycles. The van der Waals surface area contributed by atoms with Crippen molar-refractivity contribution in [2.75, 3.05) is 6.54 Å². The number of carbonyl (C=O) groups is 1. The molecule has 2 atom stereocenters. The summed E-state index contributed by atoms with van der Waals surface area (Å²) in [6.07, 6.45) is 1.13. The Kier molecular flexibility index (Phi) is 3.87. The van der Waals surface area contributed by atoms with Crippen molar-refractivity contribution in [1.29, 1.82) is 0 Å². The molecule has 2 unspecified atom stereocenters. The van der Waals surface area contributed by atoms with Crippen molar-refractivity contribution in [3.8, 4) is 0 Å². The average molecular weight is 302 g/mol. The Morgan fingerprint density at radius 1 is 1.42 bits per heavy atom. The highest BCUT2D eigenvalue weighted by molar-refractivity contribution is 8.13. The van der Waals surface area contributed by atoms with Crippen molar-refractivity contribution in [1.82, 2.24) is 5.32 Å². The molecule has 1 aliphatic carbocycles. The average Bonchev–Trinajstić information content (AvgIpc) is 3.00. The highest BCUT2D eigenvalue weighted by Gasteiger charge is 2.32. The molecule has 0 aromatic heterocycles. The number of halogens is 1. The molecule has 0 spiro atoms. The van der Waals surface area contributed by atoms with E-state index in [9.17, 15) is 13.2 Å². The van der Waals surface area contributed by atoms with Crippen molar-refractivity contribution >= 4 is 25.6 Å². The predicted molar refractivity (Wildman–Crippen MR) is 73.8 cm³/mol. The number of aryl methyl sites for hydroxylation is 1. The molecular formula is C13H16ClNO3S. The van der Waals surface area contributed by atoms with Crippen LogP contribution in [0.25, 0.3) is 0 Å². The molecule has 0 saturated heterocycles. The van der Waals surface area contributed by atoms with Gasteiger partial charge in [-0.2, -0.15) is 0 Å². The van der Waals surface area contributed by atoms with Crippen LogP contribution in [0.1, 0.15) is 29.3 Å². The number of nitrogens with one attached hydrogen (secondary N) is 1. The largest absolute Gasteiger partial charge is 0.352 e. The number of hydrogen-bond donors (Lipinski definition) is 1. The van der Waals surface area contributed by atoms with Crippen LogP contribution in [0.5, 0.6) is 0 Å². The molecule has 1 saturated carbocycles. The Morgan fingerprint density at radius 2 is 2.05 bits per heavy atom. The zero-order valence-electron chi connectivity index (χ0n) is 10.8. The predicted octanol–water partition coefficient (Wildman–Crippen LogP) is 2.31. The quantitative estimate of drug-likeness (QED) is 0.868. The third kappa shape index (κ3) is 3.70. The highest BCUT2D eigenvalue weighted by atomic mass is 35.7. The first-order chi connectivity index (χ1) is 8.77. The van der Waals surface area contributed by atoms with Gasteiger partial charge in [0.2, 0.25) is 0 Å². The van der Waals surface area contributed by atoms with Crippen LogP contribution in [0.2, 0.25) is 0 Å². The summed E-state index contributed by atoms with van der Waals surface area (Å²) in [6.45, 7) is 4.50. The molecule has 1 fully saturated rings. The van der Waals surface area contributed by atoms with Crippen LogP contribution in [-0.2, 0) is 9.05 Å². The van der Waals surface area contributed by atoms with Crippen molar-refractivity contribution in [2.24, 2.45) is 11.8 Å². The van der Waals surface area contributed by atoms with Crippen LogP contribution in [-0.4, -0.2) is 20.9 Å². The molecule has 0 aliphatic heterocycles. The summed E-state index contributed by atoms with van der Waals surface area (Å²) < 4.78 is 22.6. The van der Waals surface area contributed by atoms with E-state index >= 15 is 0 Å². The Bertz CT molecular complexity index is 612. The minimum absolute atomic E-state index is 0.0425. The number of benzene rings is 1. The van der Waals surface area contributed by atoms with Crippen molar-refractivity contribution < 1.29 is 13.2 Å². The van der Waals surface area contributed by atoms with E-state index in [0.717, 1.165) is 6.42 Å². The summed E-state index contributed by atoms with van der Waals surface area (Å²) in [5.41, 5.74) is 1.01. The second kappa shape index (κ2) is 5.13. The number of amides is 1. The fraction of sp³-hybridized carbons (Fsp3) is 0.462. The van der Waals surface area contributed by atoms with Crippen LogP contribution >= 0.6 is 10.7 Å². The molecular weight excluding hydrogens is 286 g/mol. The van der Waals surface area contributed by atoms with Crippen LogP contribution < -0.4 is 5.32 Å². The summed E-state index contributed by atoms with van der Waals surface area (Å²) in [6, 6.07) is 4.40. The van der Waals surface area contributed by atoms with Gasteiger partial charge in [0.25, 0.3) is 15.0 Å². The van der Waals surface area contributed by atoms with Gasteiger partial charge >= 0.3 is 0 Å². The lowest BCUT2D eigenvalue weighted by Crippen LogP contribution is -2.26. The van der Waals surface area contributed by atoms with Gasteiger partial charge in [-0.25, -0.2) is 8.42 Å². The van der Waals surface area contributed by atoms with Gasteiger partial charge in [0.05, 0.1) is 4.90 Å². The Morgan fingerprint density at radius 3 is 2.58 bits per heavy atom. The van der Waals surface area contributed by atoms with E-state index in [2.05, 4.69) is 12.2 Å². The second-order valence-corrected chi connectivity index (χ2v) is 7.72. The van der Waals surface area contributed by atoms with Crippen molar-refractivity contribution in [2.45, 2.75) is 25.2 Å². The molecule has 6 heteroatoms. The lowest BCUT2D eigenvalue weighted by atomic mass is 10.1. The lowest BCUT2D eigenvalue weighted by Gasteiger charge is -2.07. The molecule has 104 valence electrons. The van der Waals surface area contributed by atoms with Crippen molar-refractivity contribution in [3.63, 3.8) is 0 Å². The van der Waals surface area contributed by atoms with E-state index in [0.29, 0.717) is 29.5 Å². The Balaban J connectivity index is 2.15. The monoisotopic (exact) mass is 301 g/mol. The van der Waals surface area contributed by atoms with E-state index in [4.69, 9.17) is 10.7 Å². The van der Waals surface area contributed by atoms with Crippen LogP contribution in [0, 0.1) is 18.8 Å². The van der Waals surface area contributed by atoms with Gasteiger partial charge in [0, 0.05) is 22.8 Å². The summed E-state index contributed by atoms with van der Waals surface area (Å²) in [5.74, 6) is 0.950. The van der Waals surface area contributed by atoms with Gasteiger partial charge in [0.15, 0.2) is 0 Å². The minimum Gasteiger partial charge on any atom is -0.352 e. The topological polar surface area (TPSA) is 63.2 Å². The Labute approximate surface area is 117 Å². The first-order valence-corrected chi connectivity index (χ1v) is 8.43.